The average molecular weight is 436 g/mol. The standard InChI is InChI=1S/C23H21N3O4S/c1-28-17-6-8-18(9-7-17)30-15-22(27)26(14-16-5-3-4-12-24-16)23-25-20-13-19(29-2)10-11-21(20)31-23/h3-13H,14-15H2,1-2H3. The van der Waals surface area contributed by atoms with Gasteiger partial charge < -0.3 is 14.2 Å². The maximum Gasteiger partial charge on any atom is 0.267 e. The van der Waals surface area contributed by atoms with Crippen molar-refractivity contribution in [1.82, 2.24) is 9.97 Å². The van der Waals surface area contributed by atoms with E-state index in [0.717, 1.165) is 27.4 Å². The fourth-order valence-corrected chi connectivity index (χ4v) is 3.91. The lowest BCUT2D eigenvalue weighted by molar-refractivity contribution is -0.120. The van der Waals surface area contributed by atoms with Crippen LogP contribution in [0.1, 0.15) is 5.69 Å². The number of ether oxygens (including phenoxy) is 3. The number of methoxy groups -OCH3 is 2. The van der Waals surface area contributed by atoms with Crippen molar-refractivity contribution in [3.05, 3.63) is 72.6 Å². The van der Waals surface area contributed by atoms with Crippen molar-refractivity contribution in [2.24, 2.45) is 0 Å². The molecule has 2 heterocycles. The molecule has 0 bridgehead atoms. The Labute approximate surface area is 183 Å². The molecule has 0 atom stereocenters. The van der Waals surface area contributed by atoms with Gasteiger partial charge >= 0.3 is 0 Å². The van der Waals surface area contributed by atoms with Gasteiger partial charge in [-0.15, -0.1) is 0 Å². The second-order valence-electron chi connectivity index (χ2n) is 6.60. The summed E-state index contributed by atoms with van der Waals surface area (Å²) in [5.74, 6) is 1.81. The maximum absolute atomic E-state index is 13.1. The number of benzene rings is 2. The average Bonchev–Trinajstić information content (AvgIpc) is 3.25. The molecule has 0 unspecified atom stereocenters. The normalized spacial score (nSPS) is 10.6. The lowest BCUT2D eigenvalue weighted by atomic mass is 10.3. The highest BCUT2D eigenvalue weighted by molar-refractivity contribution is 7.22. The van der Waals surface area contributed by atoms with E-state index in [-0.39, 0.29) is 12.5 Å². The number of nitrogens with zero attached hydrogens (tertiary/aromatic N) is 3. The van der Waals surface area contributed by atoms with Gasteiger partial charge in [-0.1, -0.05) is 17.4 Å². The van der Waals surface area contributed by atoms with Crippen molar-refractivity contribution in [3.8, 4) is 17.2 Å². The highest BCUT2D eigenvalue weighted by Gasteiger charge is 2.21. The van der Waals surface area contributed by atoms with Gasteiger partial charge in [0.2, 0.25) is 0 Å². The summed E-state index contributed by atoms with van der Waals surface area (Å²) in [7, 11) is 3.21. The van der Waals surface area contributed by atoms with Gasteiger partial charge in [0.15, 0.2) is 11.7 Å². The van der Waals surface area contributed by atoms with Crippen LogP contribution in [0.2, 0.25) is 0 Å². The van der Waals surface area contributed by atoms with Gasteiger partial charge in [0.25, 0.3) is 5.91 Å². The van der Waals surface area contributed by atoms with Crippen molar-refractivity contribution < 1.29 is 19.0 Å². The van der Waals surface area contributed by atoms with E-state index >= 15 is 0 Å². The number of pyridine rings is 1. The summed E-state index contributed by atoms with van der Waals surface area (Å²) >= 11 is 1.44. The molecular formula is C23H21N3O4S. The number of carbonyl (C=O) groups is 1. The first-order chi connectivity index (χ1) is 15.2. The van der Waals surface area contributed by atoms with Crippen LogP contribution in [0.5, 0.6) is 17.2 Å². The van der Waals surface area contributed by atoms with Gasteiger partial charge in [-0.05, 0) is 48.5 Å². The zero-order valence-electron chi connectivity index (χ0n) is 17.1. The molecule has 0 N–H and O–H groups in total. The minimum Gasteiger partial charge on any atom is -0.497 e. The quantitative estimate of drug-likeness (QED) is 0.410. The van der Waals surface area contributed by atoms with Gasteiger partial charge in [0.05, 0.1) is 36.7 Å². The molecule has 4 rings (SSSR count). The van der Waals surface area contributed by atoms with Crippen LogP contribution in [-0.2, 0) is 11.3 Å². The Kier molecular flexibility index (Phi) is 6.28. The first-order valence-electron chi connectivity index (χ1n) is 9.58. The first-order valence-corrected chi connectivity index (χ1v) is 10.4. The zero-order valence-corrected chi connectivity index (χ0v) is 18.0. The molecule has 0 radical (unpaired) electrons. The predicted molar refractivity (Wildman–Crippen MR) is 120 cm³/mol. The van der Waals surface area contributed by atoms with Gasteiger partial charge in [0, 0.05) is 12.3 Å². The van der Waals surface area contributed by atoms with Gasteiger partial charge in [-0.25, -0.2) is 4.98 Å². The van der Waals surface area contributed by atoms with Crippen LogP contribution in [0.3, 0.4) is 0 Å². The Morgan fingerprint density at radius 3 is 2.42 bits per heavy atom. The molecule has 0 spiro atoms. The van der Waals surface area contributed by atoms with Crippen molar-refractivity contribution in [1.29, 1.82) is 0 Å². The fraction of sp³-hybridized carbons (Fsp3) is 0.174. The van der Waals surface area contributed by atoms with Crippen molar-refractivity contribution in [2.45, 2.75) is 6.54 Å². The molecule has 31 heavy (non-hydrogen) atoms. The third-order valence-electron chi connectivity index (χ3n) is 4.58. The van der Waals surface area contributed by atoms with Crippen molar-refractivity contribution in [2.75, 3.05) is 25.7 Å². The molecule has 2 aromatic heterocycles. The molecule has 0 aliphatic rings. The van der Waals surface area contributed by atoms with Crippen molar-refractivity contribution in [3.63, 3.8) is 0 Å². The van der Waals surface area contributed by atoms with E-state index in [0.29, 0.717) is 17.4 Å². The second-order valence-corrected chi connectivity index (χ2v) is 7.60. The summed E-state index contributed by atoms with van der Waals surface area (Å²) in [6.45, 7) is 0.168. The minimum absolute atomic E-state index is 0.127. The van der Waals surface area contributed by atoms with Gasteiger partial charge in [-0.2, -0.15) is 0 Å². The molecular weight excluding hydrogens is 414 g/mol. The summed E-state index contributed by atoms with van der Waals surface area (Å²) in [5.41, 5.74) is 1.53. The topological polar surface area (TPSA) is 73.8 Å². The summed E-state index contributed by atoms with van der Waals surface area (Å²) in [5, 5.41) is 0.581. The van der Waals surface area contributed by atoms with Gasteiger partial charge in [-0.3, -0.25) is 14.7 Å². The highest BCUT2D eigenvalue weighted by Crippen LogP contribution is 2.32. The Morgan fingerprint density at radius 2 is 1.71 bits per heavy atom. The lowest BCUT2D eigenvalue weighted by Gasteiger charge is -2.19. The number of hydrogen-bond acceptors (Lipinski definition) is 7. The highest BCUT2D eigenvalue weighted by atomic mass is 32.1. The summed E-state index contributed by atoms with van der Waals surface area (Å²) in [6.07, 6.45) is 1.70. The van der Waals surface area contributed by atoms with E-state index in [1.54, 1.807) is 49.6 Å². The zero-order chi connectivity index (χ0) is 21.6. The van der Waals surface area contributed by atoms with Crippen LogP contribution in [-0.4, -0.2) is 36.7 Å². The molecule has 4 aromatic rings. The molecule has 2 aromatic carbocycles. The number of amides is 1. The van der Waals surface area contributed by atoms with E-state index in [4.69, 9.17) is 14.2 Å². The van der Waals surface area contributed by atoms with E-state index in [1.165, 1.54) is 11.3 Å². The molecule has 0 aliphatic heterocycles. The molecule has 158 valence electrons. The summed E-state index contributed by atoms with van der Waals surface area (Å²) in [6, 6.07) is 18.4. The molecule has 7 nitrogen and oxygen atoms in total. The predicted octanol–water partition coefficient (Wildman–Crippen LogP) is 4.32. The minimum atomic E-state index is -0.215. The molecule has 0 saturated carbocycles. The number of anilines is 1. The van der Waals surface area contributed by atoms with Crippen LogP contribution >= 0.6 is 11.3 Å². The summed E-state index contributed by atoms with van der Waals surface area (Å²) in [4.78, 5) is 23.7. The van der Waals surface area contributed by atoms with Crippen molar-refractivity contribution >= 4 is 32.6 Å². The van der Waals surface area contributed by atoms with Crippen LogP contribution in [0.15, 0.2) is 66.9 Å². The molecule has 0 fully saturated rings. The fourth-order valence-electron chi connectivity index (χ4n) is 2.95. The number of thiazole rings is 1. The molecule has 0 aliphatic carbocycles. The smallest absolute Gasteiger partial charge is 0.267 e. The first kappa shape index (κ1) is 20.6. The molecule has 1 amide bonds. The largest absolute Gasteiger partial charge is 0.497 e. The van der Waals surface area contributed by atoms with E-state index < -0.39 is 0 Å². The summed E-state index contributed by atoms with van der Waals surface area (Å²) < 4.78 is 17.1. The third-order valence-corrected chi connectivity index (χ3v) is 5.64. The van der Waals surface area contributed by atoms with E-state index in [1.807, 2.05) is 36.4 Å². The number of fused-ring (bicyclic) bond motifs is 1. The van der Waals surface area contributed by atoms with E-state index in [9.17, 15) is 4.79 Å². The maximum atomic E-state index is 13.1. The van der Waals surface area contributed by atoms with Crippen LogP contribution in [0.4, 0.5) is 5.13 Å². The van der Waals surface area contributed by atoms with E-state index in [2.05, 4.69) is 9.97 Å². The Bertz CT molecular complexity index is 1160. The van der Waals surface area contributed by atoms with Crippen LogP contribution in [0.25, 0.3) is 10.2 Å². The van der Waals surface area contributed by atoms with Crippen LogP contribution in [0, 0.1) is 0 Å². The number of carbonyl (C=O) groups excluding carboxylic acids is 1. The Hall–Kier alpha value is -3.65. The number of aromatic nitrogens is 2. The van der Waals surface area contributed by atoms with Crippen LogP contribution < -0.4 is 19.1 Å². The SMILES string of the molecule is COc1ccc(OCC(=O)N(Cc2ccccn2)c2nc3cc(OC)ccc3s2)cc1. The van der Waals surface area contributed by atoms with Gasteiger partial charge in [0.1, 0.15) is 17.2 Å². The third kappa shape index (κ3) is 4.92. The Morgan fingerprint density at radius 1 is 0.968 bits per heavy atom. The number of rotatable bonds is 8. The lowest BCUT2D eigenvalue weighted by Crippen LogP contribution is -2.34. The monoisotopic (exact) mass is 435 g/mol. The molecule has 8 heteroatoms. The molecule has 0 saturated heterocycles. The second kappa shape index (κ2) is 9.44. The Balaban J connectivity index is 1.58. The number of hydrogen-bond donors (Lipinski definition) is 0.